The lowest BCUT2D eigenvalue weighted by atomic mass is 10.7. The topological polar surface area (TPSA) is 43.4 Å². The molecule has 0 bridgehead atoms. The van der Waals surface area contributed by atoms with E-state index in [4.69, 9.17) is 0 Å². The van der Waals surface area contributed by atoms with Gasteiger partial charge in [0.15, 0.2) is 0 Å². The summed E-state index contributed by atoms with van der Waals surface area (Å²) in [5.41, 5.74) is 0. The first-order valence-electron chi connectivity index (χ1n) is 2.32. The van der Waals surface area contributed by atoms with Gasteiger partial charge in [-0.2, -0.15) is 19.8 Å². The van der Waals surface area contributed by atoms with Crippen molar-refractivity contribution in [3.63, 3.8) is 0 Å². The summed E-state index contributed by atoms with van der Waals surface area (Å²) in [7, 11) is 0.847. The molecular weight excluding hydrogens is 172 g/mol. The molecule has 0 aromatic carbocycles. The average Bonchev–Trinajstić information content (AvgIpc) is 2.38. The van der Waals surface area contributed by atoms with Crippen molar-refractivity contribution >= 4 is 21.5 Å². The lowest BCUT2D eigenvalue weighted by molar-refractivity contribution is 0.438. The summed E-state index contributed by atoms with van der Waals surface area (Å²) >= 11 is 1.27. The molecule has 0 saturated heterocycles. The third-order valence-corrected chi connectivity index (χ3v) is 2.83. The van der Waals surface area contributed by atoms with Crippen LogP contribution in [0.25, 0.3) is 0 Å². The van der Waals surface area contributed by atoms with Crippen LogP contribution >= 0.6 is 11.3 Å². The second-order valence-electron chi connectivity index (χ2n) is 1.51. The van der Waals surface area contributed by atoms with E-state index in [2.05, 4.69) is 11.3 Å². The van der Waals surface area contributed by atoms with Gasteiger partial charge in [-0.15, -0.1) is 0 Å². The molecule has 0 amide bonds. The van der Waals surface area contributed by atoms with Gasteiger partial charge in [-0.25, -0.2) is 0 Å². The Bertz CT molecular complexity index is 285. The molecule has 5 heteroatoms. The van der Waals surface area contributed by atoms with E-state index in [0.29, 0.717) is 0 Å². The van der Waals surface area contributed by atoms with E-state index in [-0.39, 0.29) is 4.90 Å². The Morgan fingerprint density at radius 2 is 2.30 bits per heavy atom. The van der Waals surface area contributed by atoms with Crippen molar-refractivity contribution in [2.45, 2.75) is 4.90 Å². The Hall–Kier alpha value is -0.390. The van der Waals surface area contributed by atoms with Gasteiger partial charge in [-0.3, -0.25) is 4.18 Å². The molecule has 1 heterocycles. The third kappa shape index (κ3) is 1.36. The summed E-state index contributed by atoms with van der Waals surface area (Å²) < 4.78 is 25.2. The van der Waals surface area contributed by atoms with E-state index in [1.54, 1.807) is 5.38 Å². The highest BCUT2D eigenvalue weighted by atomic mass is 32.2. The fraction of sp³-hybridized carbons (Fsp3) is 0. The zero-order valence-corrected chi connectivity index (χ0v) is 6.48. The maximum Gasteiger partial charge on any atom is 0.298 e. The lowest BCUT2D eigenvalue weighted by Crippen LogP contribution is -1.98. The van der Waals surface area contributed by atoms with Crippen molar-refractivity contribution in [1.29, 1.82) is 0 Å². The molecule has 0 aliphatic rings. The monoisotopic (exact) mass is 176 g/mol. The van der Waals surface area contributed by atoms with Crippen molar-refractivity contribution in [1.82, 2.24) is 0 Å². The molecule has 0 unspecified atom stereocenters. The van der Waals surface area contributed by atoms with Crippen molar-refractivity contribution in [3.8, 4) is 0 Å². The summed E-state index contributed by atoms with van der Waals surface area (Å²) in [5, 5.41) is 3.08. The predicted molar refractivity (Wildman–Crippen MR) is 36.9 cm³/mol. The van der Waals surface area contributed by atoms with Gasteiger partial charge in [0.25, 0.3) is 10.1 Å². The first-order chi connectivity index (χ1) is 4.67. The number of thiophene rings is 1. The van der Waals surface area contributed by atoms with Crippen LogP contribution in [0.2, 0.25) is 0 Å². The largest absolute Gasteiger partial charge is 0.298 e. The highest BCUT2D eigenvalue weighted by molar-refractivity contribution is 7.87. The highest BCUT2D eigenvalue weighted by Crippen LogP contribution is 2.14. The minimum atomic E-state index is -3.67. The van der Waals surface area contributed by atoms with E-state index < -0.39 is 10.1 Å². The van der Waals surface area contributed by atoms with E-state index in [0.717, 1.165) is 0 Å². The Kier molecular flexibility index (Phi) is 2.08. The van der Waals surface area contributed by atoms with Crippen LogP contribution in [-0.4, -0.2) is 8.42 Å². The molecule has 1 rings (SSSR count). The van der Waals surface area contributed by atoms with Gasteiger partial charge in [-0.1, -0.05) is 0 Å². The number of hydrogen-bond acceptors (Lipinski definition) is 4. The average molecular weight is 176 g/mol. The zero-order chi connectivity index (χ0) is 7.61. The summed E-state index contributed by atoms with van der Waals surface area (Å²) in [6.45, 7) is 0. The fourth-order valence-corrected chi connectivity index (χ4v) is 2.04. The number of hydrogen-bond donors (Lipinski definition) is 0. The molecule has 3 nitrogen and oxygen atoms in total. The SMILES string of the molecule is [CH]OS(=O)(=O)c1ccsc1. The molecule has 54 valence electrons. The second kappa shape index (κ2) is 2.69. The molecule has 0 saturated carbocycles. The van der Waals surface area contributed by atoms with Gasteiger partial charge >= 0.3 is 0 Å². The molecule has 0 spiro atoms. The Labute approximate surface area is 63.4 Å². The molecule has 0 N–H and O–H groups in total. The Balaban J connectivity index is 3.09. The summed E-state index contributed by atoms with van der Waals surface area (Å²) in [4.78, 5) is 0.0972. The standard InChI is InChI=1S/C5H4O3S2/c1-8-10(6,7)5-2-3-9-4-5/h1-4H. The first-order valence-corrected chi connectivity index (χ1v) is 4.67. The van der Waals surface area contributed by atoms with E-state index >= 15 is 0 Å². The molecule has 1 aromatic heterocycles. The van der Waals surface area contributed by atoms with Crippen molar-refractivity contribution in [2.24, 2.45) is 0 Å². The van der Waals surface area contributed by atoms with Crippen LogP contribution in [0.4, 0.5) is 0 Å². The van der Waals surface area contributed by atoms with Gasteiger partial charge in [0.2, 0.25) is 0 Å². The molecule has 10 heavy (non-hydrogen) atoms. The molecule has 1 aromatic rings. The molecule has 0 atom stereocenters. The van der Waals surface area contributed by atoms with Crippen molar-refractivity contribution in [3.05, 3.63) is 23.9 Å². The van der Waals surface area contributed by atoms with Crippen LogP contribution < -0.4 is 0 Å². The van der Waals surface area contributed by atoms with Gasteiger partial charge in [0.05, 0.1) is 0 Å². The Morgan fingerprint density at radius 3 is 2.70 bits per heavy atom. The van der Waals surface area contributed by atoms with Gasteiger partial charge in [0, 0.05) is 5.38 Å². The van der Waals surface area contributed by atoms with Crippen LogP contribution in [0, 0.1) is 7.11 Å². The van der Waals surface area contributed by atoms with Crippen LogP contribution in [-0.2, 0) is 14.3 Å². The third-order valence-electron chi connectivity index (χ3n) is 0.910. The maximum atomic E-state index is 10.7. The quantitative estimate of drug-likeness (QED) is 0.634. The van der Waals surface area contributed by atoms with Gasteiger partial charge in [0.1, 0.15) is 12.0 Å². The fourth-order valence-electron chi connectivity index (χ4n) is 0.450. The van der Waals surface area contributed by atoms with Crippen molar-refractivity contribution in [2.75, 3.05) is 0 Å². The zero-order valence-electron chi connectivity index (χ0n) is 4.85. The minimum absolute atomic E-state index is 0.0972. The van der Waals surface area contributed by atoms with E-state index in [1.165, 1.54) is 22.8 Å². The molecule has 0 aliphatic carbocycles. The predicted octanol–water partition coefficient (Wildman–Crippen LogP) is 1.12. The first kappa shape index (κ1) is 7.71. The number of rotatable bonds is 2. The van der Waals surface area contributed by atoms with Crippen molar-refractivity contribution < 1.29 is 12.6 Å². The second-order valence-corrected chi connectivity index (χ2v) is 3.86. The molecule has 0 fully saturated rings. The minimum Gasteiger partial charge on any atom is -0.257 e. The van der Waals surface area contributed by atoms with Gasteiger partial charge < -0.3 is 0 Å². The molecular formula is C5H4O3S2. The van der Waals surface area contributed by atoms with E-state index in [9.17, 15) is 8.42 Å². The Morgan fingerprint density at radius 1 is 1.60 bits per heavy atom. The summed E-state index contributed by atoms with van der Waals surface area (Å²) in [6.07, 6.45) is 0. The van der Waals surface area contributed by atoms with Crippen LogP contribution in [0.1, 0.15) is 0 Å². The van der Waals surface area contributed by atoms with Crippen LogP contribution in [0.5, 0.6) is 0 Å². The smallest absolute Gasteiger partial charge is 0.257 e. The van der Waals surface area contributed by atoms with Crippen LogP contribution in [0.15, 0.2) is 21.7 Å². The maximum absolute atomic E-state index is 10.7. The van der Waals surface area contributed by atoms with Crippen LogP contribution in [0.3, 0.4) is 0 Å². The van der Waals surface area contributed by atoms with E-state index in [1.807, 2.05) is 0 Å². The normalized spacial score (nSPS) is 11.7. The molecule has 2 radical (unpaired) electrons. The lowest BCUT2D eigenvalue weighted by Gasteiger charge is -1.93. The highest BCUT2D eigenvalue weighted by Gasteiger charge is 2.11. The summed E-state index contributed by atoms with van der Waals surface area (Å²) in [6, 6.07) is 1.42. The molecule has 0 aliphatic heterocycles. The summed E-state index contributed by atoms with van der Waals surface area (Å²) in [5.74, 6) is 0. The van der Waals surface area contributed by atoms with Gasteiger partial charge in [-0.05, 0) is 11.4 Å².